The van der Waals surface area contributed by atoms with Crippen molar-refractivity contribution in [1.29, 1.82) is 0 Å². The molecule has 0 aliphatic heterocycles. The lowest BCUT2D eigenvalue weighted by atomic mass is 9.98. The number of nitrogens with one attached hydrogen (secondary N) is 1. The first-order valence-electron chi connectivity index (χ1n) is 12.5. The van der Waals surface area contributed by atoms with Gasteiger partial charge in [0.15, 0.2) is 0 Å². The molecule has 1 unspecified atom stereocenters. The van der Waals surface area contributed by atoms with Crippen LogP contribution in [-0.4, -0.2) is 46.7 Å². The van der Waals surface area contributed by atoms with Crippen molar-refractivity contribution < 1.29 is 5.11 Å². The summed E-state index contributed by atoms with van der Waals surface area (Å²) in [4.78, 5) is 13.5. The van der Waals surface area contributed by atoms with Gasteiger partial charge < -0.3 is 5.11 Å². The second-order valence-electron chi connectivity index (χ2n) is 8.92. The molecule has 2 heterocycles. The fraction of sp³-hybridized carbons (Fsp3) is 0.250. The first kappa shape index (κ1) is 24.3. The van der Waals surface area contributed by atoms with Crippen LogP contribution in [0.15, 0.2) is 83.7 Å². The molecular formula is C28H29N7O2. The number of aromatic amines is 1. The predicted octanol–water partition coefficient (Wildman–Crippen LogP) is 3.86. The average molecular weight is 496 g/mol. The van der Waals surface area contributed by atoms with Crippen LogP contribution in [-0.2, 0) is 13.0 Å². The zero-order valence-electron chi connectivity index (χ0n) is 20.7. The molecule has 0 saturated carbocycles. The number of hydrogen-bond donors (Lipinski definition) is 2. The molecule has 9 nitrogen and oxygen atoms in total. The third-order valence-electron chi connectivity index (χ3n) is 6.49. The lowest BCUT2D eigenvalue weighted by Crippen LogP contribution is -2.31. The Morgan fingerprint density at radius 3 is 2.35 bits per heavy atom. The molecule has 5 aromatic rings. The van der Waals surface area contributed by atoms with E-state index >= 15 is 0 Å². The van der Waals surface area contributed by atoms with Crippen LogP contribution < -0.4 is 5.69 Å². The largest absolute Gasteiger partial charge is 0.394 e. The van der Waals surface area contributed by atoms with Crippen LogP contribution in [0.1, 0.15) is 42.8 Å². The molecule has 5 rings (SSSR count). The van der Waals surface area contributed by atoms with Crippen LogP contribution in [0.3, 0.4) is 0 Å². The Labute approximate surface area is 214 Å². The van der Waals surface area contributed by atoms with Gasteiger partial charge in [-0.25, -0.2) is 9.48 Å². The van der Waals surface area contributed by atoms with E-state index in [1.807, 2.05) is 78.9 Å². The van der Waals surface area contributed by atoms with Gasteiger partial charge in [0.1, 0.15) is 11.9 Å². The number of aliphatic hydroxyl groups excluding tert-OH is 1. The molecule has 188 valence electrons. The third-order valence-corrected chi connectivity index (χ3v) is 6.49. The van der Waals surface area contributed by atoms with Crippen molar-refractivity contribution in [2.75, 3.05) is 6.61 Å². The number of H-pyrrole nitrogens is 1. The lowest BCUT2D eigenvalue weighted by Gasteiger charge is -2.13. The molecule has 0 fully saturated rings. The maximum absolute atomic E-state index is 13.5. The number of tetrazole rings is 1. The minimum Gasteiger partial charge on any atom is -0.394 e. The van der Waals surface area contributed by atoms with Gasteiger partial charge in [-0.15, -0.1) is 10.2 Å². The summed E-state index contributed by atoms with van der Waals surface area (Å²) in [7, 11) is 0. The second kappa shape index (κ2) is 11.1. The summed E-state index contributed by atoms with van der Waals surface area (Å²) in [6.45, 7) is 2.31. The van der Waals surface area contributed by atoms with Crippen LogP contribution in [0.25, 0.3) is 22.5 Å². The van der Waals surface area contributed by atoms with E-state index in [1.54, 1.807) is 4.57 Å². The van der Waals surface area contributed by atoms with Crippen LogP contribution in [0, 0.1) is 0 Å². The van der Waals surface area contributed by atoms with Gasteiger partial charge in [0.05, 0.1) is 13.2 Å². The van der Waals surface area contributed by atoms with Crippen molar-refractivity contribution in [3.05, 3.63) is 106 Å². The SMILES string of the molecule is CCCCc1nn(C(CO)c2ccccc2)c(=O)n1Cc1ccc(-c2ccccc2-c2nn[nH]n2)cc1. The summed E-state index contributed by atoms with van der Waals surface area (Å²) in [6, 6.07) is 25.0. The van der Waals surface area contributed by atoms with E-state index in [0.29, 0.717) is 18.8 Å². The average Bonchev–Trinajstić information content (AvgIpc) is 3.59. The van der Waals surface area contributed by atoms with Crippen LogP contribution in [0.5, 0.6) is 0 Å². The Morgan fingerprint density at radius 1 is 0.946 bits per heavy atom. The molecule has 1 atom stereocenters. The summed E-state index contributed by atoms with van der Waals surface area (Å²) in [5, 5.41) is 29.2. The first-order chi connectivity index (χ1) is 18.2. The van der Waals surface area contributed by atoms with Crippen molar-refractivity contribution in [1.82, 2.24) is 35.0 Å². The normalized spacial score (nSPS) is 12.1. The van der Waals surface area contributed by atoms with Crippen molar-refractivity contribution >= 4 is 0 Å². The monoisotopic (exact) mass is 495 g/mol. The molecule has 9 heteroatoms. The van der Waals surface area contributed by atoms with Crippen molar-refractivity contribution in [2.24, 2.45) is 0 Å². The fourth-order valence-electron chi connectivity index (χ4n) is 4.51. The summed E-state index contributed by atoms with van der Waals surface area (Å²) < 4.78 is 3.15. The Balaban J connectivity index is 1.46. The van der Waals surface area contributed by atoms with Gasteiger partial charge in [-0.3, -0.25) is 4.57 Å². The predicted molar refractivity (Wildman–Crippen MR) is 141 cm³/mol. The van der Waals surface area contributed by atoms with Crippen molar-refractivity contribution in [2.45, 2.75) is 38.8 Å². The number of unbranched alkanes of at least 4 members (excludes halogenated alkanes) is 1. The number of rotatable bonds is 10. The molecule has 2 aromatic heterocycles. The summed E-state index contributed by atoms with van der Waals surface area (Å²) in [5.41, 5.74) is 4.52. The molecule has 37 heavy (non-hydrogen) atoms. The number of aromatic nitrogens is 7. The lowest BCUT2D eigenvalue weighted by molar-refractivity contribution is 0.237. The molecule has 0 aliphatic carbocycles. The molecular weight excluding hydrogens is 466 g/mol. The quantitative estimate of drug-likeness (QED) is 0.304. The highest BCUT2D eigenvalue weighted by molar-refractivity contribution is 5.80. The smallest absolute Gasteiger partial charge is 0.346 e. The number of nitrogens with zero attached hydrogens (tertiary/aromatic N) is 6. The van der Waals surface area contributed by atoms with Gasteiger partial charge in [0.25, 0.3) is 0 Å². The van der Waals surface area contributed by atoms with Crippen molar-refractivity contribution in [3.8, 4) is 22.5 Å². The summed E-state index contributed by atoms with van der Waals surface area (Å²) >= 11 is 0. The van der Waals surface area contributed by atoms with Gasteiger partial charge in [-0.2, -0.15) is 10.3 Å². The molecule has 0 saturated heterocycles. The highest BCUT2D eigenvalue weighted by Gasteiger charge is 2.21. The third kappa shape index (κ3) is 5.12. The number of benzene rings is 3. The van der Waals surface area contributed by atoms with Crippen LogP contribution in [0.2, 0.25) is 0 Å². The van der Waals surface area contributed by atoms with E-state index in [1.165, 1.54) is 4.68 Å². The molecule has 0 bridgehead atoms. The topological polar surface area (TPSA) is 115 Å². The Bertz CT molecular complexity index is 1490. The van der Waals surface area contributed by atoms with Gasteiger partial charge in [-0.1, -0.05) is 92.2 Å². The van der Waals surface area contributed by atoms with E-state index in [9.17, 15) is 9.90 Å². The standard InChI is InChI=1S/C28H29N7O2/c1-2-3-13-26-31-35(25(19-36)22-9-5-4-6-10-22)28(37)34(26)18-20-14-16-21(17-15-20)23-11-7-8-12-24(23)27-29-32-33-30-27/h4-12,14-17,25,36H,2-3,13,18-19H2,1H3,(H,29,30,32,33). The fourth-order valence-corrected chi connectivity index (χ4v) is 4.51. The van der Waals surface area contributed by atoms with E-state index in [4.69, 9.17) is 0 Å². The molecule has 0 aliphatic rings. The van der Waals surface area contributed by atoms with Gasteiger partial charge in [0, 0.05) is 12.0 Å². The van der Waals surface area contributed by atoms with Crippen LogP contribution >= 0.6 is 0 Å². The number of hydrogen-bond acceptors (Lipinski definition) is 6. The van der Waals surface area contributed by atoms with E-state index in [0.717, 1.165) is 46.5 Å². The zero-order valence-corrected chi connectivity index (χ0v) is 20.7. The van der Waals surface area contributed by atoms with Gasteiger partial charge in [0.2, 0.25) is 5.82 Å². The minimum absolute atomic E-state index is 0.206. The minimum atomic E-state index is -0.528. The number of aliphatic hydroxyl groups is 1. The van der Waals surface area contributed by atoms with Crippen LogP contribution in [0.4, 0.5) is 0 Å². The van der Waals surface area contributed by atoms with Crippen molar-refractivity contribution in [3.63, 3.8) is 0 Å². The summed E-state index contributed by atoms with van der Waals surface area (Å²) in [5.74, 6) is 1.27. The molecule has 0 spiro atoms. The molecule has 0 amide bonds. The Hall–Kier alpha value is -4.37. The maximum Gasteiger partial charge on any atom is 0.346 e. The molecule has 3 aromatic carbocycles. The molecule has 2 N–H and O–H groups in total. The second-order valence-corrected chi connectivity index (χ2v) is 8.92. The highest BCUT2D eigenvalue weighted by atomic mass is 16.3. The van der Waals surface area contributed by atoms with Gasteiger partial charge >= 0.3 is 5.69 Å². The van der Waals surface area contributed by atoms with E-state index in [2.05, 4.69) is 32.6 Å². The first-order valence-corrected chi connectivity index (χ1v) is 12.5. The zero-order chi connectivity index (χ0) is 25.6. The number of aryl methyl sites for hydroxylation is 1. The molecule has 0 radical (unpaired) electrons. The maximum atomic E-state index is 13.5. The summed E-state index contributed by atoms with van der Waals surface area (Å²) in [6.07, 6.45) is 2.62. The van der Waals surface area contributed by atoms with Gasteiger partial charge in [-0.05, 0) is 33.9 Å². The van der Waals surface area contributed by atoms with E-state index in [-0.39, 0.29) is 12.3 Å². The van der Waals surface area contributed by atoms with E-state index < -0.39 is 6.04 Å². The highest BCUT2D eigenvalue weighted by Crippen LogP contribution is 2.29. The Kier molecular flexibility index (Phi) is 7.32. The Morgan fingerprint density at radius 2 is 1.68 bits per heavy atom.